The fourth-order valence-electron chi connectivity index (χ4n) is 2.71. The van der Waals surface area contributed by atoms with Crippen molar-refractivity contribution in [1.82, 2.24) is 14.7 Å². The van der Waals surface area contributed by atoms with Crippen LogP contribution in [0, 0.1) is 22.1 Å². The van der Waals surface area contributed by atoms with Crippen LogP contribution in [0.2, 0.25) is 0 Å². The minimum absolute atomic E-state index is 0.236. The first kappa shape index (κ1) is 47.4. The number of aliphatic hydroxyl groups excluding tert-OH is 4. The maximum atomic E-state index is 9.24. The SMILES string of the molecule is CCC(N)O.CCC(O)N(CC)CC.CCC(O)N(CC)CC.CCC(O)N(CC)CC.[Cl][U]([Cl])[Cl]. The molecule has 0 bridgehead atoms. The van der Waals surface area contributed by atoms with E-state index in [1.165, 1.54) is 0 Å². The van der Waals surface area contributed by atoms with Crippen LogP contribution in [-0.2, 0) is 0 Å². The predicted octanol–water partition coefficient (Wildman–Crippen LogP) is 4.91. The van der Waals surface area contributed by atoms with Gasteiger partial charge in [0, 0.05) is 0 Å². The van der Waals surface area contributed by atoms with Gasteiger partial charge in [0.2, 0.25) is 0 Å². The molecule has 0 radical (unpaired) electrons. The molecule has 0 aromatic carbocycles. The average molecular weight is 813 g/mol. The zero-order chi connectivity index (χ0) is 29.7. The number of halogens is 3. The van der Waals surface area contributed by atoms with Crippen LogP contribution in [0.25, 0.3) is 0 Å². The molecule has 36 heavy (non-hydrogen) atoms. The normalized spacial score (nSPS) is 13.6. The van der Waals surface area contributed by atoms with Gasteiger partial charge in [-0.2, -0.15) is 0 Å². The molecule has 0 aromatic heterocycles. The minimum atomic E-state index is -2.31. The van der Waals surface area contributed by atoms with Crippen molar-refractivity contribution < 1.29 is 42.5 Å². The molecule has 0 saturated carbocycles. The van der Waals surface area contributed by atoms with Gasteiger partial charge in [-0.25, -0.2) is 0 Å². The van der Waals surface area contributed by atoms with Crippen LogP contribution in [0.4, 0.5) is 0 Å². The average Bonchev–Trinajstić information content (AvgIpc) is 2.86. The molecule has 0 amide bonds. The first-order valence-corrected chi connectivity index (χ1v) is 28.6. The van der Waals surface area contributed by atoms with Crippen molar-refractivity contribution in [3.8, 4) is 0 Å². The van der Waals surface area contributed by atoms with Crippen molar-refractivity contribution in [2.24, 2.45) is 5.73 Å². The third-order valence-electron chi connectivity index (χ3n) is 5.22. The second kappa shape index (κ2) is 36.6. The summed E-state index contributed by atoms with van der Waals surface area (Å²) in [5.41, 5.74) is 4.85. The van der Waals surface area contributed by atoms with Crippen LogP contribution in [0.15, 0.2) is 0 Å². The van der Waals surface area contributed by atoms with Crippen LogP contribution in [0.1, 0.15) is 94.9 Å². The van der Waals surface area contributed by atoms with Gasteiger partial charge < -0.3 is 26.2 Å². The van der Waals surface area contributed by atoms with E-state index in [0.717, 1.165) is 58.5 Å². The molecule has 0 aromatic rings. The third kappa shape index (κ3) is 37.8. The molecule has 4 unspecified atom stereocenters. The molecular weight excluding hydrogens is 753 g/mol. The van der Waals surface area contributed by atoms with Gasteiger partial charge >= 0.3 is 44.9 Å². The van der Waals surface area contributed by atoms with Gasteiger partial charge in [-0.05, 0) is 65.0 Å². The fraction of sp³-hybridized carbons (Fsp3) is 1.00. The summed E-state index contributed by atoms with van der Waals surface area (Å²) in [5, 5.41) is 35.9. The van der Waals surface area contributed by atoms with Gasteiger partial charge in [0.15, 0.2) is 0 Å². The molecule has 6 N–H and O–H groups in total. The van der Waals surface area contributed by atoms with Crippen molar-refractivity contribution >= 4 is 22.9 Å². The molecule has 8 nitrogen and oxygen atoms in total. The Bertz CT molecular complexity index is 340. The van der Waals surface area contributed by atoms with Gasteiger partial charge in [-0.3, -0.25) is 14.7 Å². The molecule has 0 saturated heterocycles. The summed E-state index contributed by atoms with van der Waals surface area (Å²) < 4.78 is 0. The van der Waals surface area contributed by atoms with Crippen LogP contribution < -0.4 is 5.73 Å². The fourth-order valence-corrected chi connectivity index (χ4v) is 2.71. The predicted molar refractivity (Wildman–Crippen MR) is 156 cm³/mol. The van der Waals surface area contributed by atoms with E-state index in [1.807, 2.05) is 42.4 Å². The van der Waals surface area contributed by atoms with E-state index >= 15 is 0 Å². The number of nitrogens with zero attached hydrogens (tertiary/aromatic N) is 3. The summed E-state index contributed by atoms with van der Waals surface area (Å²) >= 11 is -2.31. The van der Waals surface area contributed by atoms with Crippen molar-refractivity contribution in [1.29, 1.82) is 0 Å². The van der Waals surface area contributed by atoms with Crippen LogP contribution in [0.5, 0.6) is 0 Å². The van der Waals surface area contributed by atoms with E-state index in [2.05, 4.69) is 41.5 Å². The van der Waals surface area contributed by atoms with E-state index in [9.17, 15) is 15.3 Å². The maximum absolute atomic E-state index is 9.24. The first-order chi connectivity index (χ1) is 16.8. The standard InChI is InChI=1S/3C7H17NO.C3H9NO.3ClH.U/c3*1-4-7(9)8(5-2)6-3;1-2-3(4)5;;;;/h3*7,9H,4-6H2,1-3H3;3,5H,2,4H2,1H3;3*1H;/q;;;;;;;+3/p-3. The van der Waals surface area contributed by atoms with E-state index in [4.69, 9.17) is 33.7 Å². The Balaban J connectivity index is -0.000000115. The van der Waals surface area contributed by atoms with E-state index in [0.29, 0.717) is 6.42 Å². The quantitative estimate of drug-likeness (QED) is 0.167. The van der Waals surface area contributed by atoms with Gasteiger partial charge in [-0.1, -0.05) is 69.2 Å². The zero-order valence-corrected chi connectivity index (χ0v) is 31.2. The molecule has 0 aliphatic heterocycles. The Labute approximate surface area is 243 Å². The van der Waals surface area contributed by atoms with E-state index < -0.39 is 28.3 Å². The molecule has 0 heterocycles. The van der Waals surface area contributed by atoms with Crippen LogP contribution in [0.3, 0.4) is 0 Å². The van der Waals surface area contributed by atoms with Crippen molar-refractivity contribution in [3.63, 3.8) is 0 Å². The summed E-state index contributed by atoms with van der Waals surface area (Å²) in [6.45, 7) is 25.8. The topological polar surface area (TPSA) is 117 Å². The molecule has 0 aliphatic rings. The Morgan fingerprint density at radius 3 is 0.667 bits per heavy atom. The summed E-state index contributed by atoms with van der Waals surface area (Å²) in [6, 6.07) is 0. The summed E-state index contributed by atoms with van der Waals surface area (Å²) in [7, 11) is 15.1. The van der Waals surface area contributed by atoms with Crippen LogP contribution >= 0.6 is 22.9 Å². The second-order valence-corrected chi connectivity index (χ2v) is 25.3. The van der Waals surface area contributed by atoms with Crippen molar-refractivity contribution in [3.05, 3.63) is 0 Å². The van der Waals surface area contributed by atoms with Crippen LogP contribution in [-0.4, -0.2) is 99.3 Å². The molecule has 0 rings (SSSR count). The van der Waals surface area contributed by atoms with E-state index in [-0.39, 0.29) is 18.7 Å². The molecular formula is C24H60Cl3N4O4U. The third-order valence-corrected chi connectivity index (χ3v) is 5.22. The van der Waals surface area contributed by atoms with Gasteiger partial charge in [0.05, 0.1) is 0 Å². The Hall–Kier alpha value is 1.60. The van der Waals surface area contributed by atoms with Gasteiger partial charge in [0.1, 0.15) is 24.9 Å². The number of nitrogens with two attached hydrogens (primary N) is 1. The monoisotopic (exact) mass is 811 g/mol. The summed E-state index contributed by atoms with van der Waals surface area (Å²) in [4.78, 5) is 6.08. The summed E-state index contributed by atoms with van der Waals surface area (Å²) in [6.07, 6.45) is 1.78. The number of aliphatic hydroxyl groups is 4. The number of rotatable bonds is 13. The molecule has 0 spiro atoms. The number of hydrogen-bond donors (Lipinski definition) is 5. The molecule has 0 aliphatic carbocycles. The number of hydrogen-bond acceptors (Lipinski definition) is 8. The molecule has 12 heteroatoms. The Kier molecular flexibility index (Phi) is 48.2. The summed E-state index contributed by atoms with van der Waals surface area (Å²) in [5.74, 6) is 0. The van der Waals surface area contributed by atoms with Gasteiger partial charge in [-0.15, -0.1) is 0 Å². The molecule has 225 valence electrons. The van der Waals surface area contributed by atoms with Crippen molar-refractivity contribution in [2.45, 2.75) is 120 Å². The second-order valence-electron chi connectivity index (χ2n) is 7.52. The van der Waals surface area contributed by atoms with Gasteiger partial charge in [0.25, 0.3) is 0 Å². The zero-order valence-electron chi connectivity index (χ0n) is 24.7. The Morgan fingerprint density at radius 2 is 0.639 bits per heavy atom. The first-order valence-electron chi connectivity index (χ1n) is 13.3. The Morgan fingerprint density at radius 1 is 0.500 bits per heavy atom. The molecule has 4 atom stereocenters. The van der Waals surface area contributed by atoms with E-state index in [1.54, 1.807) is 0 Å². The molecule has 0 fully saturated rings. The van der Waals surface area contributed by atoms with Crippen molar-refractivity contribution in [2.75, 3.05) is 39.3 Å².